The monoisotopic (exact) mass is 509 g/mol. The Morgan fingerprint density at radius 2 is 1.73 bits per heavy atom. The Balaban J connectivity index is 1.21. The molecule has 0 bridgehead atoms. The molecule has 2 amide bonds. The maximum atomic E-state index is 12.7. The van der Waals surface area contributed by atoms with Crippen LogP contribution in [0.3, 0.4) is 0 Å². The molecule has 5 rings (SSSR count). The lowest BCUT2D eigenvalue weighted by Gasteiger charge is -2.26. The van der Waals surface area contributed by atoms with Crippen molar-refractivity contribution in [3.05, 3.63) is 78.2 Å². The molecule has 1 fully saturated rings. The summed E-state index contributed by atoms with van der Waals surface area (Å²) < 4.78 is 45.4. The van der Waals surface area contributed by atoms with Crippen molar-refractivity contribution < 1.29 is 27.5 Å². The number of fused-ring (bicyclic) bond motifs is 1. The van der Waals surface area contributed by atoms with Gasteiger partial charge in [-0.3, -0.25) is 9.36 Å². The minimum Gasteiger partial charge on any atom is -0.438 e. The molecule has 190 valence electrons. The summed E-state index contributed by atoms with van der Waals surface area (Å²) in [6.45, 7) is 0. The Kier molecular flexibility index (Phi) is 6.51. The number of ether oxygens (including phenoxy) is 1. The van der Waals surface area contributed by atoms with Gasteiger partial charge in [0, 0.05) is 17.9 Å². The van der Waals surface area contributed by atoms with Crippen LogP contribution in [0, 0.1) is 0 Å². The summed E-state index contributed by atoms with van der Waals surface area (Å²) in [6.07, 6.45) is 1.51. The molecule has 8 nitrogen and oxygen atoms in total. The number of benzene rings is 2. The Bertz CT molecular complexity index is 1430. The van der Waals surface area contributed by atoms with Crippen LogP contribution in [0.25, 0.3) is 11.0 Å². The fourth-order valence-electron chi connectivity index (χ4n) is 3.89. The fraction of sp³-hybridized carbons (Fsp3) is 0.231. The lowest BCUT2D eigenvalue weighted by molar-refractivity contribution is -0.137. The number of carbonyl (C=O) groups excluding carboxylic acids is 2. The van der Waals surface area contributed by atoms with Crippen molar-refractivity contribution in [2.75, 3.05) is 5.32 Å². The molecule has 11 heteroatoms. The van der Waals surface area contributed by atoms with Gasteiger partial charge in [0.15, 0.2) is 5.65 Å². The second kappa shape index (κ2) is 9.92. The SMILES string of the molecule is O=C(Cc1ccc(C(F)(F)F)cc1)Nc1ccc(Oc2ncnc3c2ccn3C(=O)NC2CCC2)cc1. The number of nitrogens with zero attached hydrogens (tertiary/aromatic N) is 3. The van der Waals surface area contributed by atoms with Crippen LogP contribution >= 0.6 is 0 Å². The first-order chi connectivity index (χ1) is 17.8. The molecule has 1 aliphatic rings. The van der Waals surface area contributed by atoms with Gasteiger partial charge in [-0.15, -0.1) is 0 Å². The molecule has 0 aliphatic heterocycles. The van der Waals surface area contributed by atoms with E-state index in [0.717, 1.165) is 31.4 Å². The highest BCUT2D eigenvalue weighted by atomic mass is 19.4. The van der Waals surface area contributed by atoms with Gasteiger partial charge in [0.25, 0.3) is 0 Å². The van der Waals surface area contributed by atoms with Crippen molar-refractivity contribution >= 4 is 28.7 Å². The molecule has 0 saturated heterocycles. The van der Waals surface area contributed by atoms with Gasteiger partial charge in [-0.25, -0.2) is 14.8 Å². The van der Waals surface area contributed by atoms with Gasteiger partial charge in [0.1, 0.15) is 12.1 Å². The normalized spacial score (nSPS) is 13.7. The molecule has 2 aromatic carbocycles. The van der Waals surface area contributed by atoms with Crippen molar-refractivity contribution in [2.24, 2.45) is 0 Å². The third kappa shape index (κ3) is 5.55. The van der Waals surface area contributed by atoms with Gasteiger partial charge in [0.2, 0.25) is 11.8 Å². The molecule has 37 heavy (non-hydrogen) atoms. The van der Waals surface area contributed by atoms with Crippen molar-refractivity contribution in [3.8, 4) is 11.6 Å². The van der Waals surface area contributed by atoms with Crippen LogP contribution in [0.4, 0.5) is 23.7 Å². The minimum atomic E-state index is -4.42. The number of carbonyl (C=O) groups is 2. The number of rotatable bonds is 6. The minimum absolute atomic E-state index is 0.0688. The Hall–Kier alpha value is -4.41. The summed E-state index contributed by atoms with van der Waals surface area (Å²) in [5, 5.41) is 6.24. The lowest BCUT2D eigenvalue weighted by Crippen LogP contribution is -2.41. The standard InChI is InChI=1S/C26H22F3N5O3/c27-26(28,29)17-6-4-16(5-7-17)14-22(35)32-19-8-10-20(11-9-19)37-24-21-12-13-34(23(21)30-15-31-24)25(36)33-18-2-1-3-18/h4-13,15,18H,1-3,14H2,(H,32,35)(H,33,36). The fourth-order valence-corrected chi connectivity index (χ4v) is 3.89. The van der Waals surface area contributed by atoms with Gasteiger partial charge >= 0.3 is 12.2 Å². The lowest BCUT2D eigenvalue weighted by atomic mass is 9.93. The summed E-state index contributed by atoms with van der Waals surface area (Å²) in [5.74, 6) is 0.360. The first-order valence-electron chi connectivity index (χ1n) is 11.6. The van der Waals surface area contributed by atoms with E-state index in [2.05, 4.69) is 20.6 Å². The predicted molar refractivity (Wildman–Crippen MR) is 129 cm³/mol. The van der Waals surface area contributed by atoms with Crippen LogP contribution in [0.1, 0.15) is 30.4 Å². The largest absolute Gasteiger partial charge is 0.438 e. The van der Waals surface area contributed by atoms with Crippen LogP contribution in [0.15, 0.2) is 67.1 Å². The average molecular weight is 509 g/mol. The number of alkyl halides is 3. The predicted octanol–water partition coefficient (Wildman–Crippen LogP) is 5.53. The smallest absolute Gasteiger partial charge is 0.416 e. The van der Waals surface area contributed by atoms with E-state index in [9.17, 15) is 22.8 Å². The van der Waals surface area contributed by atoms with Gasteiger partial charge < -0.3 is 15.4 Å². The molecule has 0 unspecified atom stereocenters. The molecular formula is C26H22F3N5O3. The highest BCUT2D eigenvalue weighted by Crippen LogP contribution is 2.30. The molecule has 0 atom stereocenters. The highest BCUT2D eigenvalue weighted by Gasteiger charge is 2.30. The van der Waals surface area contributed by atoms with Gasteiger partial charge in [-0.05, 0) is 67.3 Å². The second-order valence-corrected chi connectivity index (χ2v) is 8.73. The zero-order valence-corrected chi connectivity index (χ0v) is 19.5. The van der Waals surface area contributed by atoms with Crippen molar-refractivity contribution in [2.45, 2.75) is 37.9 Å². The van der Waals surface area contributed by atoms with Crippen LogP contribution < -0.4 is 15.4 Å². The van der Waals surface area contributed by atoms with Crippen LogP contribution in [0.5, 0.6) is 11.6 Å². The second-order valence-electron chi connectivity index (χ2n) is 8.73. The molecule has 2 aromatic heterocycles. The van der Waals surface area contributed by atoms with Gasteiger partial charge in [-0.2, -0.15) is 13.2 Å². The maximum absolute atomic E-state index is 12.7. The van der Waals surface area contributed by atoms with E-state index in [4.69, 9.17) is 4.74 Å². The topological polar surface area (TPSA) is 98.1 Å². The summed E-state index contributed by atoms with van der Waals surface area (Å²) in [6, 6.07) is 12.7. The summed E-state index contributed by atoms with van der Waals surface area (Å²) >= 11 is 0. The number of amides is 2. The number of anilines is 1. The first-order valence-corrected chi connectivity index (χ1v) is 11.6. The number of hydrogen-bond donors (Lipinski definition) is 2. The summed E-state index contributed by atoms with van der Waals surface area (Å²) in [4.78, 5) is 33.3. The number of aromatic nitrogens is 3. The van der Waals surface area contributed by atoms with Crippen LogP contribution in [0.2, 0.25) is 0 Å². The van der Waals surface area contributed by atoms with E-state index in [1.807, 2.05) is 0 Å². The van der Waals surface area contributed by atoms with Crippen LogP contribution in [-0.4, -0.2) is 32.5 Å². The zero-order chi connectivity index (χ0) is 26.0. The Morgan fingerprint density at radius 1 is 1.00 bits per heavy atom. The maximum Gasteiger partial charge on any atom is 0.416 e. The zero-order valence-electron chi connectivity index (χ0n) is 19.5. The molecule has 4 aromatic rings. The third-order valence-corrected chi connectivity index (χ3v) is 6.09. The van der Waals surface area contributed by atoms with E-state index in [-0.39, 0.29) is 30.3 Å². The molecule has 0 radical (unpaired) electrons. The van der Waals surface area contributed by atoms with E-state index >= 15 is 0 Å². The van der Waals surface area contributed by atoms with Crippen molar-refractivity contribution in [3.63, 3.8) is 0 Å². The van der Waals surface area contributed by atoms with Gasteiger partial charge in [0.05, 0.1) is 17.4 Å². The number of hydrogen-bond acceptors (Lipinski definition) is 5. The molecule has 2 N–H and O–H groups in total. The molecule has 1 saturated carbocycles. The Labute approximate surface area is 209 Å². The first kappa shape index (κ1) is 24.3. The molecule has 1 aliphatic carbocycles. The number of nitrogens with one attached hydrogen (secondary N) is 2. The Morgan fingerprint density at radius 3 is 2.38 bits per heavy atom. The summed E-state index contributed by atoms with van der Waals surface area (Å²) in [5.41, 5.74) is 0.623. The molecule has 2 heterocycles. The van der Waals surface area contributed by atoms with Crippen molar-refractivity contribution in [1.29, 1.82) is 0 Å². The number of halogens is 3. The average Bonchev–Trinajstić information content (AvgIpc) is 3.28. The molecule has 0 spiro atoms. The van der Waals surface area contributed by atoms with Gasteiger partial charge in [-0.1, -0.05) is 12.1 Å². The van der Waals surface area contributed by atoms with E-state index < -0.39 is 11.7 Å². The highest BCUT2D eigenvalue weighted by molar-refractivity contribution is 5.93. The van der Waals surface area contributed by atoms with E-state index in [0.29, 0.717) is 28.0 Å². The molecular weight excluding hydrogens is 487 g/mol. The summed E-state index contributed by atoms with van der Waals surface area (Å²) in [7, 11) is 0. The van der Waals surface area contributed by atoms with Crippen molar-refractivity contribution in [1.82, 2.24) is 19.9 Å². The quantitative estimate of drug-likeness (QED) is 0.356. The van der Waals surface area contributed by atoms with Crippen LogP contribution in [-0.2, 0) is 17.4 Å². The third-order valence-electron chi connectivity index (χ3n) is 6.09. The van der Waals surface area contributed by atoms with E-state index in [1.165, 1.54) is 23.0 Å². The van der Waals surface area contributed by atoms with E-state index in [1.54, 1.807) is 36.5 Å².